The molecule has 6 nitrogen and oxygen atoms in total. The lowest BCUT2D eigenvalue weighted by atomic mass is 10.1. The van der Waals surface area contributed by atoms with E-state index in [1.54, 1.807) is 19.1 Å². The number of halogens is 1. The van der Waals surface area contributed by atoms with Gasteiger partial charge in [-0.3, -0.25) is 4.79 Å². The first-order valence-corrected chi connectivity index (χ1v) is 7.23. The molecule has 1 aliphatic heterocycles. The molecule has 0 bridgehead atoms. The molecule has 0 saturated carbocycles. The van der Waals surface area contributed by atoms with Crippen molar-refractivity contribution in [1.82, 2.24) is 5.43 Å². The maximum atomic E-state index is 12.8. The van der Waals surface area contributed by atoms with E-state index in [1.807, 2.05) is 6.07 Å². The molecular weight excluding hydrogens is 315 g/mol. The fraction of sp³-hybridized carbons (Fsp3) is 0.176. The summed E-state index contributed by atoms with van der Waals surface area (Å²) in [5.41, 5.74) is 3.83. The van der Waals surface area contributed by atoms with Crippen LogP contribution in [0.2, 0.25) is 0 Å². The number of ether oxygens (including phenoxy) is 3. The van der Waals surface area contributed by atoms with Crippen molar-refractivity contribution in [2.75, 3.05) is 13.4 Å². The van der Waals surface area contributed by atoms with E-state index in [0.717, 1.165) is 5.56 Å². The minimum atomic E-state index is -0.417. The van der Waals surface area contributed by atoms with E-state index in [1.165, 1.54) is 24.3 Å². The highest BCUT2D eigenvalue weighted by Gasteiger charge is 2.14. The summed E-state index contributed by atoms with van der Waals surface area (Å²) in [6.07, 6.45) is 0. The van der Waals surface area contributed by atoms with Crippen LogP contribution in [0.1, 0.15) is 12.5 Å². The van der Waals surface area contributed by atoms with E-state index in [0.29, 0.717) is 23.0 Å². The average molecular weight is 330 g/mol. The zero-order valence-electron chi connectivity index (χ0n) is 12.9. The molecule has 1 N–H and O–H groups in total. The lowest BCUT2D eigenvalue weighted by Crippen LogP contribution is -2.25. The van der Waals surface area contributed by atoms with E-state index in [4.69, 9.17) is 14.2 Å². The summed E-state index contributed by atoms with van der Waals surface area (Å²) < 4.78 is 28.5. The SMILES string of the molecule is CC(=NNC(=O)COc1ccc(F)cc1)c1ccc2c(c1)OCO2. The monoisotopic (exact) mass is 330 g/mol. The number of amides is 1. The van der Waals surface area contributed by atoms with Gasteiger partial charge in [0.15, 0.2) is 18.1 Å². The van der Waals surface area contributed by atoms with Gasteiger partial charge >= 0.3 is 0 Å². The zero-order valence-corrected chi connectivity index (χ0v) is 12.9. The molecular formula is C17H15FN2O4. The lowest BCUT2D eigenvalue weighted by Gasteiger charge is -2.06. The molecule has 0 unspecified atom stereocenters. The number of hydrogen-bond donors (Lipinski definition) is 1. The minimum absolute atomic E-state index is 0.201. The van der Waals surface area contributed by atoms with Gasteiger partial charge in [0.2, 0.25) is 6.79 Å². The summed E-state index contributed by atoms with van der Waals surface area (Å²) in [7, 11) is 0. The number of benzene rings is 2. The van der Waals surface area contributed by atoms with Gasteiger partial charge in [-0.25, -0.2) is 9.82 Å². The maximum absolute atomic E-state index is 12.8. The molecule has 24 heavy (non-hydrogen) atoms. The predicted molar refractivity (Wildman–Crippen MR) is 84.8 cm³/mol. The van der Waals surface area contributed by atoms with Crippen LogP contribution in [0, 0.1) is 5.82 Å². The minimum Gasteiger partial charge on any atom is -0.484 e. The topological polar surface area (TPSA) is 69.2 Å². The smallest absolute Gasteiger partial charge is 0.277 e. The van der Waals surface area contributed by atoms with Crippen molar-refractivity contribution in [3.63, 3.8) is 0 Å². The highest BCUT2D eigenvalue weighted by molar-refractivity contribution is 5.99. The number of rotatable bonds is 5. The van der Waals surface area contributed by atoms with Gasteiger partial charge in [0.25, 0.3) is 5.91 Å². The number of hydrogen-bond acceptors (Lipinski definition) is 5. The Morgan fingerprint density at radius 1 is 1.21 bits per heavy atom. The van der Waals surface area contributed by atoms with Crippen molar-refractivity contribution in [2.45, 2.75) is 6.92 Å². The van der Waals surface area contributed by atoms with Gasteiger partial charge in [0, 0.05) is 5.56 Å². The fourth-order valence-corrected chi connectivity index (χ4v) is 2.04. The van der Waals surface area contributed by atoms with Gasteiger partial charge in [-0.05, 0) is 49.4 Å². The molecule has 0 saturated heterocycles. The van der Waals surface area contributed by atoms with Gasteiger partial charge in [-0.15, -0.1) is 0 Å². The van der Waals surface area contributed by atoms with Crippen LogP contribution >= 0.6 is 0 Å². The molecule has 7 heteroatoms. The second kappa shape index (κ2) is 6.99. The number of nitrogens with one attached hydrogen (secondary N) is 1. The van der Waals surface area contributed by atoms with Crippen molar-refractivity contribution in [3.05, 3.63) is 53.8 Å². The number of fused-ring (bicyclic) bond motifs is 1. The largest absolute Gasteiger partial charge is 0.484 e. The van der Waals surface area contributed by atoms with E-state index in [9.17, 15) is 9.18 Å². The van der Waals surface area contributed by atoms with Crippen LogP contribution in [0.3, 0.4) is 0 Å². The Kier molecular flexibility index (Phi) is 4.60. The first kappa shape index (κ1) is 15.8. The lowest BCUT2D eigenvalue weighted by molar-refractivity contribution is -0.123. The van der Waals surface area contributed by atoms with E-state index in [2.05, 4.69) is 10.5 Å². The van der Waals surface area contributed by atoms with E-state index < -0.39 is 5.91 Å². The predicted octanol–water partition coefficient (Wildman–Crippen LogP) is 2.47. The molecule has 0 fully saturated rings. The summed E-state index contributed by atoms with van der Waals surface area (Å²) in [5, 5.41) is 4.03. The third-order valence-corrected chi connectivity index (χ3v) is 3.32. The van der Waals surface area contributed by atoms with Crippen LogP contribution in [-0.2, 0) is 4.79 Å². The van der Waals surface area contributed by atoms with Crippen LogP contribution < -0.4 is 19.6 Å². The molecule has 2 aromatic rings. The molecule has 1 amide bonds. The van der Waals surface area contributed by atoms with Crippen molar-refractivity contribution in [3.8, 4) is 17.2 Å². The Balaban J connectivity index is 1.54. The van der Waals surface area contributed by atoms with Crippen molar-refractivity contribution in [1.29, 1.82) is 0 Å². The highest BCUT2D eigenvalue weighted by atomic mass is 19.1. The third kappa shape index (κ3) is 3.81. The molecule has 1 heterocycles. The van der Waals surface area contributed by atoms with Gasteiger partial charge in [0.05, 0.1) is 5.71 Å². The standard InChI is InChI=1S/C17H15FN2O4/c1-11(12-2-7-15-16(8-12)24-10-23-15)19-20-17(21)9-22-14-5-3-13(18)4-6-14/h2-8H,9-10H2,1H3,(H,20,21). The Morgan fingerprint density at radius 2 is 1.96 bits per heavy atom. The van der Waals surface area contributed by atoms with Crippen LogP contribution in [-0.4, -0.2) is 25.0 Å². The summed E-state index contributed by atoms with van der Waals surface area (Å²) in [5.74, 6) is 0.953. The molecule has 0 aliphatic carbocycles. The summed E-state index contributed by atoms with van der Waals surface area (Å²) in [6.45, 7) is 1.74. The Labute approximate surface area is 137 Å². The van der Waals surface area contributed by atoms with Gasteiger partial charge in [0.1, 0.15) is 11.6 Å². The summed E-state index contributed by atoms with van der Waals surface area (Å²) in [6, 6.07) is 10.8. The quantitative estimate of drug-likeness (QED) is 0.675. The second-order valence-corrected chi connectivity index (χ2v) is 5.04. The first-order valence-electron chi connectivity index (χ1n) is 7.23. The van der Waals surface area contributed by atoms with Crippen LogP contribution in [0.5, 0.6) is 17.2 Å². The first-order chi connectivity index (χ1) is 11.6. The van der Waals surface area contributed by atoms with Crippen molar-refractivity contribution >= 4 is 11.6 Å². The Hall–Kier alpha value is -3.09. The van der Waals surface area contributed by atoms with Gasteiger partial charge in [-0.1, -0.05) is 0 Å². The highest BCUT2D eigenvalue weighted by Crippen LogP contribution is 2.32. The fourth-order valence-electron chi connectivity index (χ4n) is 2.04. The number of hydrazone groups is 1. The molecule has 1 aliphatic rings. The number of carbonyl (C=O) groups is 1. The van der Waals surface area contributed by atoms with E-state index >= 15 is 0 Å². The Morgan fingerprint density at radius 3 is 2.75 bits per heavy atom. The van der Waals surface area contributed by atoms with Gasteiger partial charge in [-0.2, -0.15) is 5.10 Å². The average Bonchev–Trinajstić information content (AvgIpc) is 3.06. The van der Waals surface area contributed by atoms with Gasteiger partial charge < -0.3 is 14.2 Å². The molecule has 2 aromatic carbocycles. The molecule has 0 aromatic heterocycles. The summed E-state index contributed by atoms with van der Waals surface area (Å²) in [4.78, 5) is 11.7. The maximum Gasteiger partial charge on any atom is 0.277 e. The molecule has 0 atom stereocenters. The molecule has 124 valence electrons. The van der Waals surface area contributed by atoms with E-state index in [-0.39, 0.29) is 19.2 Å². The second-order valence-electron chi connectivity index (χ2n) is 5.04. The molecule has 0 radical (unpaired) electrons. The number of nitrogens with zero attached hydrogens (tertiary/aromatic N) is 1. The van der Waals surface area contributed by atoms with Crippen molar-refractivity contribution in [2.24, 2.45) is 5.10 Å². The van der Waals surface area contributed by atoms with Crippen LogP contribution in [0.15, 0.2) is 47.6 Å². The number of carbonyl (C=O) groups excluding carboxylic acids is 1. The normalized spacial score (nSPS) is 12.8. The molecule has 0 spiro atoms. The summed E-state index contributed by atoms with van der Waals surface area (Å²) >= 11 is 0. The Bertz CT molecular complexity index is 775. The third-order valence-electron chi connectivity index (χ3n) is 3.32. The van der Waals surface area contributed by atoms with Crippen LogP contribution in [0.25, 0.3) is 0 Å². The zero-order chi connectivity index (χ0) is 16.9. The van der Waals surface area contributed by atoms with Crippen molar-refractivity contribution < 1.29 is 23.4 Å². The van der Waals surface area contributed by atoms with Crippen LogP contribution in [0.4, 0.5) is 4.39 Å². The molecule has 3 rings (SSSR count).